The van der Waals surface area contributed by atoms with Crippen LogP contribution in [0.15, 0.2) is 76.3 Å². The van der Waals surface area contributed by atoms with Crippen LogP contribution in [0.5, 0.6) is 0 Å². The lowest BCUT2D eigenvalue weighted by Gasteiger charge is -2.17. The van der Waals surface area contributed by atoms with Crippen molar-refractivity contribution in [2.75, 3.05) is 0 Å². The van der Waals surface area contributed by atoms with E-state index in [1.54, 1.807) is 36.4 Å². The zero-order chi connectivity index (χ0) is 24.4. The fourth-order valence-corrected chi connectivity index (χ4v) is 3.66. The molecule has 0 unspecified atom stereocenters. The zero-order valence-electron chi connectivity index (χ0n) is 18.2. The standard InChI is InChI=1S/C25H21F3N4O2/c1-15-7-5-10-17(22(15)28)23-24(33)31(14-21(29)16-8-3-2-4-9-16)25(34)32(30-23)13-18-19(26)11-6-12-20(18)27/h2-12,21H,13-14,29H2,1H3/t21-/m0/s1. The molecule has 34 heavy (non-hydrogen) atoms. The maximum atomic E-state index is 14.9. The van der Waals surface area contributed by atoms with Crippen molar-refractivity contribution in [1.29, 1.82) is 0 Å². The monoisotopic (exact) mass is 466 g/mol. The average molecular weight is 466 g/mol. The van der Waals surface area contributed by atoms with Gasteiger partial charge in [0.15, 0.2) is 5.69 Å². The molecule has 174 valence electrons. The number of halogens is 3. The summed E-state index contributed by atoms with van der Waals surface area (Å²) >= 11 is 0. The van der Waals surface area contributed by atoms with Crippen LogP contribution in [0, 0.1) is 24.4 Å². The molecule has 9 heteroatoms. The van der Waals surface area contributed by atoms with Crippen LogP contribution >= 0.6 is 0 Å². The highest BCUT2D eigenvalue weighted by molar-refractivity contribution is 5.59. The van der Waals surface area contributed by atoms with Crippen LogP contribution in [0.2, 0.25) is 0 Å². The predicted octanol–water partition coefficient (Wildman–Crippen LogP) is 3.55. The third-order valence-electron chi connectivity index (χ3n) is 5.54. The second-order valence-electron chi connectivity index (χ2n) is 7.86. The Kier molecular flexibility index (Phi) is 6.47. The molecule has 0 spiro atoms. The van der Waals surface area contributed by atoms with Gasteiger partial charge in [0.1, 0.15) is 17.5 Å². The molecule has 0 aliphatic rings. The lowest BCUT2D eigenvalue weighted by molar-refractivity contribution is 0.467. The minimum absolute atomic E-state index is 0.130. The van der Waals surface area contributed by atoms with Gasteiger partial charge in [-0.25, -0.2) is 22.6 Å². The van der Waals surface area contributed by atoms with Crippen molar-refractivity contribution < 1.29 is 13.2 Å². The molecular weight excluding hydrogens is 445 g/mol. The van der Waals surface area contributed by atoms with Gasteiger partial charge in [0, 0.05) is 17.2 Å². The van der Waals surface area contributed by atoms with Crippen LogP contribution in [0.1, 0.15) is 22.7 Å². The first kappa shape index (κ1) is 23.2. The molecule has 0 bridgehead atoms. The Morgan fingerprint density at radius 2 is 1.56 bits per heavy atom. The number of benzene rings is 3. The Bertz CT molecular complexity index is 1450. The molecule has 0 saturated carbocycles. The van der Waals surface area contributed by atoms with Crippen molar-refractivity contribution >= 4 is 0 Å². The quantitative estimate of drug-likeness (QED) is 0.471. The summed E-state index contributed by atoms with van der Waals surface area (Å²) in [6.45, 7) is 0.677. The molecule has 0 fully saturated rings. The van der Waals surface area contributed by atoms with E-state index in [0.717, 1.165) is 21.4 Å². The van der Waals surface area contributed by atoms with E-state index < -0.39 is 46.9 Å². The molecular formula is C25H21F3N4O2. The minimum atomic E-state index is -0.921. The van der Waals surface area contributed by atoms with E-state index in [9.17, 15) is 22.8 Å². The Morgan fingerprint density at radius 1 is 0.912 bits per heavy atom. The van der Waals surface area contributed by atoms with Gasteiger partial charge >= 0.3 is 5.69 Å². The van der Waals surface area contributed by atoms with E-state index in [4.69, 9.17) is 5.73 Å². The van der Waals surface area contributed by atoms with E-state index in [-0.39, 0.29) is 23.4 Å². The van der Waals surface area contributed by atoms with Crippen LogP contribution < -0.4 is 17.0 Å². The molecule has 1 aromatic heterocycles. The van der Waals surface area contributed by atoms with E-state index in [2.05, 4.69) is 5.10 Å². The van der Waals surface area contributed by atoms with Crippen LogP contribution in [0.3, 0.4) is 0 Å². The predicted molar refractivity (Wildman–Crippen MR) is 122 cm³/mol. The van der Waals surface area contributed by atoms with Gasteiger partial charge in [-0.3, -0.25) is 9.36 Å². The first-order valence-electron chi connectivity index (χ1n) is 10.5. The molecule has 0 saturated heterocycles. The molecule has 0 aliphatic carbocycles. The molecule has 2 N–H and O–H groups in total. The van der Waals surface area contributed by atoms with Crippen LogP contribution in [0.4, 0.5) is 13.2 Å². The smallest absolute Gasteiger partial charge is 0.322 e. The number of aromatic nitrogens is 3. The van der Waals surface area contributed by atoms with Crippen LogP contribution in [-0.4, -0.2) is 14.3 Å². The molecule has 0 amide bonds. The summed E-state index contributed by atoms with van der Waals surface area (Å²) in [6.07, 6.45) is 0. The summed E-state index contributed by atoms with van der Waals surface area (Å²) in [5.41, 5.74) is 4.49. The van der Waals surface area contributed by atoms with Crippen molar-refractivity contribution in [2.45, 2.75) is 26.1 Å². The number of aryl methyl sites for hydroxylation is 1. The molecule has 0 radical (unpaired) electrons. The second-order valence-corrected chi connectivity index (χ2v) is 7.86. The molecule has 1 atom stereocenters. The third-order valence-corrected chi connectivity index (χ3v) is 5.54. The van der Waals surface area contributed by atoms with E-state index in [0.29, 0.717) is 5.56 Å². The van der Waals surface area contributed by atoms with E-state index in [1.807, 2.05) is 0 Å². The van der Waals surface area contributed by atoms with Crippen molar-refractivity contribution in [2.24, 2.45) is 5.73 Å². The average Bonchev–Trinajstić information content (AvgIpc) is 2.83. The lowest BCUT2D eigenvalue weighted by Crippen LogP contribution is -2.44. The Morgan fingerprint density at radius 3 is 2.24 bits per heavy atom. The highest BCUT2D eigenvalue weighted by Gasteiger charge is 2.21. The Labute approximate surface area is 192 Å². The van der Waals surface area contributed by atoms with Gasteiger partial charge in [0.05, 0.1) is 13.1 Å². The SMILES string of the molecule is Cc1cccc(-c2nn(Cc3c(F)cccc3F)c(=O)n(C[C@H](N)c3ccccc3)c2=O)c1F. The third kappa shape index (κ3) is 4.42. The summed E-state index contributed by atoms with van der Waals surface area (Å²) in [4.78, 5) is 26.5. The number of hydrogen-bond donors (Lipinski definition) is 1. The fraction of sp³-hybridized carbons (Fsp3) is 0.160. The van der Waals surface area contributed by atoms with Crippen molar-refractivity contribution in [3.05, 3.63) is 122 Å². The number of nitrogens with two attached hydrogens (primary N) is 1. The van der Waals surface area contributed by atoms with E-state index in [1.165, 1.54) is 25.1 Å². The number of rotatable bonds is 6. The van der Waals surface area contributed by atoms with Gasteiger partial charge < -0.3 is 5.73 Å². The summed E-state index contributed by atoms with van der Waals surface area (Å²) in [6, 6.07) is 15.8. The highest BCUT2D eigenvalue weighted by Crippen LogP contribution is 2.21. The van der Waals surface area contributed by atoms with Crippen LogP contribution in [0.25, 0.3) is 11.3 Å². The summed E-state index contributed by atoms with van der Waals surface area (Å²) in [5, 5.41) is 4.02. The van der Waals surface area contributed by atoms with Crippen molar-refractivity contribution in [3.63, 3.8) is 0 Å². The Hall–Kier alpha value is -3.98. The Balaban J connectivity index is 1.91. The number of hydrogen-bond acceptors (Lipinski definition) is 4. The van der Waals surface area contributed by atoms with Gasteiger partial charge in [-0.2, -0.15) is 5.10 Å². The van der Waals surface area contributed by atoms with Gasteiger partial charge in [-0.1, -0.05) is 48.5 Å². The maximum absolute atomic E-state index is 14.9. The minimum Gasteiger partial charge on any atom is -0.322 e. The van der Waals surface area contributed by atoms with Crippen molar-refractivity contribution in [3.8, 4) is 11.3 Å². The molecule has 4 rings (SSSR count). The normalized spacial score (nSPS) is 12.0. The lowest BCUT2D eigenvalue weighted by atomic mass is 10.1. The molecule has 0 aliphatic heterocycles. The molecule has 4 aromatic rings. The van der Waals surface area contributed by atoms with E-state index >= 15 is 0 Å². The highest BCUT2D eigenvalue weighted by atomic mass is 19.1. The zero-order valence-corrected chi connectivity index (χ0v) is 18.2. The largest absolute Gasteiger partial charge is 0.347 e. The topological polar surface area (TPSA) is 82.9 Å². The molecule has 3 aromatic carbocycles. The first-order valence-corrected chi connectivity index (χ1v) is 10.5. The van der Waals surface area contributed by atoms with Gasteiger partial charge in [0.25, 0.3) is 5.56 Å². The van der Waals surface area contributed by atoms with Crippen molar-refractivity contribution in [1.82, 2.24) is 14.3 Å². The molecule has 6 nitrogen and oxygen atoms in total. The van der Waals surface area contributed by atoms with Gasteiger partial charge in [0.2, 0.25) is 0 Å². The fourth-order valence-electron chi connectivity index (χ4n) is 3.66. The van der Waals surface area contributed by atoms with Crippen LogP contribution in [-0.2, 0) is 13.1 Å². The second kappa shape index (κ2) is 9.48. The summed E-state index contributed by atoms with van der Waals surface area (Å²) < 4.78 is 45.0. The van der Waals surface area contributed by atoms with Gasteiger partial charge in [-0.05, 0) is 36.2 Å². The van der Waals surface area contributed by atoms with Gasteiger partial charge in [-0.15, -0.1) is 0 Å². The first-order chi connectivity index (χ1) is 16.3. The maximum Gasteiger partial charge on any atom is 0.347 e. The molecule has 1 heterocycles. The summed E-state index contributed by atoms with van der Waals surface area (Å²) in [7, 11) is 0. The number of nitrogens with zero attached hydrogens (tertiary/aromatic N) is 3. The summed E-state index contributed by atoms with van der Waals surface area (Å²) in [5.74, 6) is -2.44.